The Balaban J connectivity index is 1.52. The third-order valence-corrected chi connectivity index (χ3v) is 5.43. The predicted octanol–water partition coefficient (Wildman–Crippen LogP) is 3.00. The van der Waals surface area contributed by atoms with Crippen LogP contribution in [0.25, 0.3) is 0 Å². The van der Waals surface area contributed by atoms with Crippen molar-refractivity contribution >= 4 is 30.0 Å². The summed E-state index contributed by atoms with van der Waals surface area (Å²) in [6.45, 7) is 3.84. The number of piperidine rings is 2. The van der Waals surface area contributed by atoms with E-state index in [1.807, 2.05) is 0 Å². The van der Waals surface area contributed by atoms with Crippen molar-refractivity contribution in [2.24, 2.45) is 5.10 Å². The Bertz CT molecular complexity index is 852. The summed E-state index contributed by atoms with van der Waals surface area (Å²) in [5, 5.41) is 13.2. The molecule has 0 saturated carbocycles. The summed E-state index contributed by atoms with van der Waals surface area (Å²) in [5.41, 5.74) is 3.96. The van der Waals surface area contributed by atoms with Gasteiger partial charge in [-0.1, -0.05) is 12.1 Å². The van der Waals surface area contributed by atoms with Crippen LogP contribution < -0.4 is 15.2 Å². The molecule has 1 aromatic heterocycles. The van der Waals surface area contributed by atoms with E-state index >= 15 is 0 Å². The Labute approximate surface area is 175 Å². The molecule has 2 fully saturated rings. The van der Waals surface area contributed by atoms with Gasteiger partial charge in [-0.25, -0.2) is 10.2 Å². The lowest BCUT2D eigenvalue weighted by Gasteiger charge is -2.30. The average Bonchev–Trinajstić information content (AvgIpc) is 2.80. The third-order valence-electron chi connectivity index (χ3n) is 5.43. The van der Waals surface area contributed by atoms with Crippen molar-refractivity contribution in [3.63, 3.8) is 0 Å². The predicted molar refractivity (Wildman–Crippen MR) is 117 cm³/mol. The second kappa shape index (κ2) is 9.51. The van der Waals surface area contributed by atoms with Gasteiger partial charge < -0.3 is 14.9 Å². The van der Waals surface area contributed by atoms with E-state index in [1.54, 1.807) is 30.5 Å². The number of hydrogen-bond donors (Lipinski definition) is 2. The molecule has 4 rings (SSSR count). The molecule has 30 heavy (non-hydrogen) atoms. The van der Waals surface area contributed by atoms with E-state index in [0.717, 1.165) is 57.4 Å². The van der Waals surface area contributed by atoms with Crippen LogP contribution in [0.3, 0.4) is 0 Å². The van der Waals surface area contributed by atoms with Gasteiger partial charge in [-0.2, -0.15) is 20.1 Å². The van der Waals surface area contributed by atoms with Crippen LogP contribution in [0.1, 0.15) is 54.4 Å². The minimum Gasteiger partial charge on any atom is -0.478 e. The highest BCUT2D eigenvalue weighted by Gasteiger charge is 2.20. The van der Waals surface area contributed by atoms with Gasteiger partial charge >= 0.3 is 5.97 Å². The fourth-order valence-corrected chi connectivity index (χ4v) is 3.75. The van der Waals surface area contributed by atoms with Crippen molar-refractivity contribution in [1.29, 1.82) is 0 Å². The molecule has 2 aliphatic rings. The first-order valence-electron chi connectivity index (χ1n) is 10.6. The van der Waals surface area contributed by atoms with Crippen LogP contribution in [0, 0.1) is 0 Å². The number of anilines is 3. The second-order valence-electron chi connectivity index (χ2n) is 7.65. The molecule has 9 heteroatoms. The summed E-state index contributed by atoms with van der Waals surface area (Å²) in [5.74, 6) is 0.879. The maximum atomic E-state index is 11.0. The molecule has 1 aromatic carbocycles. The quantitative estimate of drug-likeness (QED) is 0.554. The molecule has 2 aromatic rings. The molecule has 0 amide bonds. The average molecular weight is 409 g/mol. The van der Waals surface area contributed by atoms with E-state index in [2.05, 4.69) is 30.3 Å². The highest BCUT2D eigenvalue weighted by atomic mass is 16.4. The van der Waals surface area contributed by atoms with Gasteiger partial charge in [-0.15, -0.1) is 0 Å². The SMILES string of the molecule is O=C(O)c1ccc(/C=N/Nc2nc(N3CCCCC3)nc(N3CCCCC3)n2)cc1. The van der Waals surface area contributed by atoms with E-state index in [9.17, 15) is 4.79 Å². The number of carboxylic acids is 1. The molecule has 0 radical (unpaired) electrons. The third kappa shape index (κ3) is 5.03. The highest BCUT2D eigenvalue weighted by molar-refractivity contribution is 5.89. The van der Waals surface area contributed by atoms with E-state index in [1.165, 1.54) is 12.8 Å². The number of aromatic carboxylic acids is 1. The van der Waals surface area contributed by atoms with Crippen LogP contribution in [-0.2, 0) is 0 Å². The van der Waals surface area contributed by atoms with Gasteiger partial charge in [-0.05, 0) is 56.2 Å². The topological polar surface area (TPSA) is 107 Å². The van der Waals surface area contributed by atoms with Gasteiger partial charge in [0.15, 0.2) is 0 Å². The molecule has 2 aliphatic heterocycles. The van der Waals surface area contributed by atoms with Gasteiger partial charge in [-0.3, -0.25) is 0 Å². The first-order chi connectivity index (χ1) is 14.7. The molecule has 2 N–H and O–H groups in total. The molecule has 0 spiro atoms. The van der Waals surface area contributed by atoms with Crippen LogP contribution in [0.4, 0.5) is 17.8 Å². The second-order valence-corrected chi connectivity index (χ2v) is 7.65. The Kier molecular flexibility index (Phi) is 6.36. The van der Waals surface area contributed by atoms with Crippen molar-refractivity contribution in [2.75, 3.05) is 41.4 Å². The van der Waals surface area contributed by atoms with Crippen LogP contribution in [0.2, 0.25) is 0 Å². The first kappa shape index (κ1) is 20.1. The van der Waals surface area contributed by atoms with Crippen LogP contribution in [0.15, 0.2) is 29.4 Å². The van der Waals surface area contributed by atoms with Gasteiger partial charge in [0.25, 0.3) is 0 Å². The summed E-state index contributed by atoms with van der Waals surface area (Å²) in [7, 11) is 0. The van der Waals surface area contributed by atoms with Crippen molar-refractivity contribution in [3.8, 4) is 0 Å². The zero-order chi connectivity index (χ0) is 20.8. The maximum Gasteiger partial charge on any atom is 0.335 e. The molecule has 2 saturated heterocycles. The van der Waals surface area contributed by atoms with E-state index in [0.29, 0.717) is 17.8 Å². The smallest absolute Gasteiger partial charge is 0.335 e. The van der Waals surface area contributed by atoms with Crippen LogP contribution >= 0.6 is 0 Å². The molecule has 0 bridgehead atoms. The number of nitrogens with zero attached hydrogens (tertiary/aromatic N) is 6. The Morgan fingerprint density at radius 2 is 1.40 bits per heavy atom. The fourth-order valence-electron chi connectivity index (χ4n) is 3.75. The number of hydrazone groups is 1. The van der Waals surface area contributed by atoms with E-state index in [4.69, 9.17) is 10.1 Å². The van der Waals surface area contributed by atoms with E-state index in [-0.39, 0.29) is 5.56 Å². The largest absolute Gasteiger partial charge is 0.478 e. The number of nitrogens with one attached hydrogen (secondary N) is 1. The Morgan fingerprint density at radius 3 is 1.90 bits per heavy atom. The Morgan fingerprint density at radius 1 is 0.867 bits per heavy atom. The number of hydrogen-bond acceptors (Lipinski definition) is 8. The van der Waals surface area contributed by atoms with Crippen molar-refractivity contribution in [3.05, 3.63) is 35.4 Å². The van der Waals surface area contributed by atoms with Crippen LogP contribution in [-0.4, -0.2) is 58.4 Å². The van der Waals surface area contributed by atoms with Crippen molar-refractivity contribution < 1.29 is 9.90 Å². The van der Waals surface area contributed by atoms with Gasteiger partial charge in [0.05, 0.1) is 11.8 Å². The zero-order valence-corrected chi connectivity index (χ0v) is 17.0. The summed E-state index contributed by atoms with van der Waals surface area (Å²) >= 11 is 0. The lowest BCUT2D eigenvalue weighted by molar-refractivity contribution is 0.0697. The molecule has 0 unspecified atom stereocenters. The van der Waals surface area contributed by atoms with Crippen LogP contribution in [0.5, 0.6) is 0 Å². The number of aromatic nitrogens is 3. The summed E-state index contributed by atoms with van der Waals surface area (Å²) < 4.78 is 0. The van der Waals surface area contributed by atoms with Gasteiger partial charge in [0, 0.05) is 26.2 Å². The zero-order valence-electron chi connectivity index (χ0n) is 17.0. The minimum absolute atomic E-state index is 0.245. The number of carboxylic acid groups (broad SMARTS) is 1. The molecular formula is C21H27N7O2. The normalized spacial score (nSPS) is 17.3. The number of carbonyl (C=O) groups is 1. The molecule has 158 valence electrons. The summed E-state index contributed by atoms with van der Waals surface area (Å²) in [6, 6.07) is 6.52. The van der Waals surface area contributed by atoms with Gasteiger partial charge in [0.2, 0.25) is 17.8 Å². The molecule has 9 nitrogen and oxygen atoms in total. The molecule has 3 heterocycles. The highest BCUT2D eigenvalue weighted by Crippen LogP contribution is 2.22. The van der Waals surface area contributed by atoms with E-state index < -0.39 is 5.97 Å². The standard InChI is InChI=1S/C21H27N7O2/c29-18(30)17-9-7-16(8-10-17)15-22-26-19-23-20(27-11-3-1-4-12-27)25-21(24-19)28-13-5-2-6-14-28/h7-10,15H,1-6,11-14H2,(H,29,30)(H,23,24,25,26)/b22-15+. The molecule has 0 atom stereocenters. The van der Waals surface area contributed by atoms with Crippen molar-refractivity contribution in [2.45, 2.75) is 38.5 Å². The maximum absolute atomic E-state index is 11.0. The molecule has 0 aliphatic carbocycles. The first-order valence-corrected chi connectivity index (χ1v) is 10.6. The monoisotopic (exact) mass is 409 g/mol. The fraction of sp³-hybridized carbons (Fsp3) is 0.476. The lowest BCUT2D eigenvalue weighted by Crippen LogP contribution is -2.34. The number of rotatable bonds is 6. The lowest BCUT2D eigenvalue weighted by atomic mass is 10.1. The number of benzene rings is 1. The van der Waals surface area contributed by atoms with Crippen molar-refractivity contribution in [1.82, 2.24) is 15.0 Å². The Hall–Kier alpha value is -3.23. The summed E-state index contributed by atoms with van der Waals surface area (Å²) in [4.78, 5) is 29.3. The summed E-state index contributed by atoms with van der Waals surface area (Å²) in [6.07, 6.45) is 8.72. The minimum atomic E-state index is -0.947. The van der Waals surface area contributed by atoms with Gasteiger partial charge in [0.1, 0.15) is 0 Å². The molecular weight excluding hydrogens is 382 g/mol.